The Hall–Kier alpha value is -0.970. The molecule has 8 unspecified atom stereocenters. The number of hydrogen-bond acceptors (Lipinski definition) is 7. The summed E-state index contributed by atoms with van der Waals surface area (Å²) in [5.74, 6) is 1.09. The lowest BCUT2D eigenvalue weighted by Crippen LogP contribution is -2.59. The first-order valence-electron chi connectivity index (χ1n) is 16.9. The van der Waals surface area contributed by atoms with Crippen molar-refractivity contribution in [3.8, 4) is 0 Å². The van der Waals surface area contributed by atoms with E-state index in [1.807, 2.05) is 0 Å². The van der Waals surface area contributed by atoms with Gasteiger partial charge in [-0.25, -0.2) is 15.2 Å². The van der Waals surface area contributed by atoms with Gasteiger partial charge in [0.1, 0.15) is 0 Å². The Kier molecular flexibility index (Phi) is 10.9. The Morgan fingerprint density at radius 2 is 1.71 bits per heavy atom. The highest BCUT2D eigenvalue weighted by Gasteiger charge is 2.45. The molecule has 5 rings (SSSR count). The molecular weight excluding hydrogens is 516 g/mol. The molecule has 0 radical (unpaired) electrons. The molecule has 2 aliphatic heterocycles. The predicted octanol–water partition coefficient (Wildman–Crippen LogP) is 3.80. The summed E-state index contributed by atoms with van der Waals surface area (Å²) in [5, 5.41) is 9.36. The van der Waals surface area contributed by atoms with Crippen LogP contribution in [0.3, 0.4) is 0 Å². The van der Waals surface area contributed by atoms with E-state index in [4.69, 9.17) is 9.47 Å². The van der Waals surface area contributed by atoms with Gasteiger partial charge in [-0.2, -0.15) is 0 Å². The molecule has 0 aromatic heterocycles. The summed E-state index contributed by atoms with van der Waals surface area (Å²) in [7, 11) is 4.40. The molecule has 2 heterocycles. The van der Waals surface area contributed by atoms with E-state index in [1.165, 1.54) is 44.9 Å². The highest BCUT2D eigenvalue weighted by atomic mass is 16.5. The molecule has 9 heteroatoms. The van der Waals surface area contributed by atoms with Crippen LogP contribution in [0.2, 0.25) is 0 Å². The van der Waals surface area contributed by atoms with E-state index in [2.05, 4.69) is 65.7 Å². The van der Waals surface area contributed by atoms with Gasteiger partial charge in [0.25, 0.3) is 0 Å². The van der Waals surface area contributed by atoms with Crippen molar-refractivity contribution in [3.63, 3.8) is 0 Å². The van der Waals surface area contributed by atoms with Crippen molar-refractivity contribution >= 4 is 6.03 Å². The quantitative estimate of drug-likeness (QED) is 0.406. The molecular formula is C32H60N6O3. The maximum atomic E-state index is 13.6. The van der Waals surface area contributed by atoms with Crippen LogP contribution in [0, 0.1) is 17.3 Å². The van der Waals surface area contributed by atoms with Gasteiger partial charge >= 0.3 is 6.03 Å². The molecule has 0 aromatic carbocycles. The second-order valence-electron chi connectivity index (χ2n) is 14.9. The number of urea groups is 1. The third kappa shape index (κ3) is 8.15. The monoisotopic (exact) mass is 576 g/mol. The van der Waals surface area contributed by atoms with Gasteiger partial charge in [0, 0.05) is 43.8 Å². The lowest BCUT2D eigenvalue weighted by atomic mass is 9.67. The van der Waals surface area contributed by atoms with Crippen LogP contribution in [0.5, 0.6) is 0 Å². The van der Waals surface area contributed by atoms with Gasteiger partial charge in [0.15, 0.2) is 0 Å². The summed E-state index contributed by atoms with van der Waals surface area (Å²) < 4.78 is 12.0. The molecule has 3 aliphatic carbocycles. The van der Waals surface area contributed by atoms with Crippen LogP contribution in [0.25, 0.3) is 0 Å². The fourth-order valence-corrected chi connectivity index (χ4v) is 8.38. The smallest absolute Gasteiger partial charge is 0.316 e. The lowest BCUT2D eigenvalue weighted by Gasteiger charge is -2.46. The highest BCUT2D eigenvalue weighted by Crippen LogP contribution is 2.42. The summed E-state index contributed by atoms with van der Waals surface area (Å²) >= 11 is 0. The van der Waals surface area contributed by atoms with E-state index in [1.54, 1.807) is 0 Å². The maximum absolute atomic E-state index is 13.6. The molecule has 2 saturated heterocycles. The van der Waals surface area contributed by atoms with Crippen molar-refractivity contribution in [2.24, 2.45) is 17.3 Å². The van der Waals surface area contributed by atoms with Crippen LogP contribution >= 0.6 is 0 Å². The lowest BCUT2D eigenvalue weighted by molar-refractivity contribution is -0.0658. The Morgan fingerprint density at radius 1 is 0.951 bits per heavy atom. The van der Waals surface area contributed by atoms with Crippen molar-refractivity contribution in [3.05, 3.63) is 0 Å². The number of carbonyl (C=O) groups is 1. The van der Waals surface area contributed by atoms with Crippen LogP contribution in [-0.4, -0.2) is 111 Å². The Morgan fingerprint density at radius 3 is 2.44 bits per heavy atom. The number of nitrogens with one attached hydrogen (secondary N) is 3. The van der Waals surface area contributed by atoms with E-state index in [0.717, 1.165) is 65.1 Å². The molecule has 41 heavy (non-hydrogen) atoms. The summed E-state index contributed by atoms with van der Waals surface area (Å²) in [4.78, 5) is 18.4. The number of amides is 2. The van der Waals surface area contributed by atoms with Crippen molar-refractivity contribution in [2.75, 3.05) is 53.6 Å². The number of ether oxygens (including phenoxy) is 2. The molecule has 9 nitrogen and oxygen atoms in total. The predicted molar refractivity (Wildman–Crippen MR) is 163 cm³/mol. The number of nitrogens with zero attached hydrogens (tertiary/aromatic N) is 3. The highest BCUT2D eigenvalue weighted by molar-refractivity contribution is 5.74. The molecule has 0 aromatic rings. The van der Waals surface area contributed by atoms with Crippen molar-refractivity contribution < 1.29 is 14.3 Å². The van der Waals surface area contributed by atoms with Gasteiger partial charge in [-0.05, 0) is 82.7 Å². The largest absolute Gasteiger partial charge is 0.379 e. The first kappa shape index (κ1) is 31.5. The van der Waals surface area contributed by atoms with E-state index in [0.29, 0.717) is 36.1 Å². The van der Waals surface area contributed by atoms with Gasteiger partial charge in [-0.1, -0.05) is 40.0 Å². The maximum Gasteiger partial charge on any atom is 0.316 e. The van der Waals surface area contributed by atoms with E-state index in [-0.39, 0.29) is 23.7 Å². The number of hydrazine groups is 1. The standard InChI is InChI=1S/C32H60N6O3/c1-32(2,3)29-22-30(38(35-29)24-10-8-9-23(21-24)36(4)5)34-31(39)33-27-13-14-28(26-12-7-6-11-25(26)27)41-20-17-37-15-18-40-19-16-37/h23-30,35H,6-22H2,1-5H3,(H2,33,34,39). The minimum Gasteiger partial charge on any atom is -0.379 e. The normalized spacial score (nSPS) is 37.6. The average Bonchev–Trinajstić information content (AvgIpc) is 3.39. The van der Waals surface area contributed by atoms with Gasteiger partial charge in [-0.3, -0.25) is 4.90 Å². The van der Waals surface area contributed by atoms with Crippen LogP contribution < -0.4 is 16.1 Å². The molecule has 2 amide bonds. The Bertz CT molecular complexity index is 831. The second kappa shape index (κ2) is 14.2. The number of carbonyl (C=O) groups excluding carboxylic acids is 1. The first-order valence-corrected chi connectivity index (χ1v) is 16.9. The second-order valence-corrected chi connectivity index (χ2v) is 14.9. The fraction of sp³-hybridized carbons (Fsp3) is 0.969. The zero-order chi connectivity index (χ0) is 29.0. The van der Waals surface area contributed by atoms with Crippen LogP contribution in [0.4, 0.5) is 4.79 Å². The van der Waals surface area contributed by atoms with Crippen molar-refractivity contribution in [2.45, 2.75) is 128 Å². The van der Waals surface area contributed by atoms with Crippen LogP contribution in [0.15, 0.2) is 0 Å². The third-order valence-electron chi connectivity index (χ3n) is 11.0. The first-order chi connectivity index (χ1) is 19.7. The molecule has 3 saturated carbocycles. The average molecular weight is 577 g/mol. The summed E-state index contributed by atoms with van der Waals surface area (Å²) in [6.07, 6.45) is 13.2. The zero-order valence-electron chi connectivity index (χ0n) is 26.7. The van der Waals surface area contributed by atoms with Gasteiger partial charge < -0.3 is 25.0 Å². The zero-order valence-corrected chi connectivity index (χ0v) is 26.7. The molecule has 8 atom stereocenters. The summed E-state index contributed by atoms with van der Waals surface area (Å²) in [5.41, 5.74) is 3.99. The fourth-order valence-electron chi connectivity index (χ4n) is 8.38. The van der Waals surface area contributed by atoms with E-state index in [9.17, 15) is 4.79 Å². The molecule has 5 fully saturated rings. The summed E-state index contributed by atoms with van der Waals surface area (Å²) in [6.45, 7) is 12.4. The SMILES string of the molecule is CN(C)C1CCCC(N2NC(C(C)(C)C)CC2NC(=O)NC2CCC(OCCN3CCOCC3)C3CCCCC23)C1. The van der Waals surface area contributed by atoms with Gasteiger partial charge in [0.2, 0.25) is 0 Å². The van der Waals surface area contributed by atoms with Crippen molar-refractivity contribution in [1.29, 1.82) is 0 Å². The van der Waals surface area contributed by atoms with Gasteiger partial charge in [0.05, 0.1) is 32.1 Å². The number of rotatable bonds is 8. The molecule has 236 valence electrons. The minimum absolute atomic E-state index is 0.0114. The van der Waals surface area contributed by atoms with Crippen LogP contribution in [-0.2, 0) is 9.47 Å². The topological polar surface area (TPSA) is 81.3 Å². The molecule has 3 N–H and O–H groups in total. The third-order valence-corrected chi connectivity index (χ3v) is 11.0. The number of fused-ring (bicyclic) bond motifs is 1. The Labute approximate surface area is 249 Å². The number of hydrogen-bond donors (Lipinski definition) is 3. The van der Waals surface area contributed by atoms with Gasteiger partial charge in [-0.15, -0.1) is 0 Å². The van der Waals surface area contributed by atoms with Crippen molar-refractivity contribution in [1.82, 2.24) is 30.9 Å². The summed E-state index contributed by atoms with van der Waals surface area (Å²) in [6, 6.07) is 1.65. The Balaban J connectivity index is 1.16. The molecule has 0 spiro atoms. The van der Waals surface area contributed by atoms with E-state index >= 15 is 0 Å². The van der Waals surface area contributed by atoms with E-state index < -0.39 is 0 Å². The number of morpholine rings is 1. The molecule has 5 aliphatic rings. The molecule has 0 bridgehead atoms. The van der Waals surface area contributed by atoms with Crippen LogP contribution in [0.1, 0.15) is 91.4 Å². The minimum atomic E-state index is 0.0114.